The molecule has 3 nitrogen and oxygen atoms in total. The summed E-state index contributed by atoms with van der Waals surface area (Å²) in [5.41, 5.74) is 1.19. The molecule has 0 radical (unpaired) electrons. The zero-order valence-electron chi connectivity index (χ0n) is 9.99. The maximum atomic E-state index is 11.9. The molecule has 1 aromatic carbocycles. The van der Waals surface area contributed by atoms with Crippen molar-refractivity contribution >= 4 is 5.78 Å². The number of rotatable bonds is 2. The Labute approximate surface area is 106 Å². The minimum atomic E-state index is -0.107. The predicted octanol–water partition coefficient (Wildman–Crippen LogP) is 1.91. The molecule has 0 aliphatic carbocycles. The van der Waals surface area contributed by atoms with Crippen molar-refractivity contribution < 1.29 is 4.79 Å². The lowest BCUT2D eigenvalue weighted by Crippen LogP contribution is -2.42. The van der Waals surface area contributed by atoms with Crippen LogP contribution in [0.2, 0.25) is 0 Å². The van der Waals surface area contributed by atoms with Gasteiger partial charge in [0.05, 0.1) is 18.0 Å². The van der Waals surface area contributed by atoms with Crippen molar-refractivity contribution in [3.8, 4) is 6.07 Å². The Morgan fingerprint density at radius 3 is 2.83 bits per heavy atom. The summed E-state index contributed by atoms with van der Waals surface area (Å²) in [5.74, 6) is 0.0846. The molecule has 1 saturated heterocycles. The fourth-order valence-electron chi connectivity index (χ4n) is 2.92. The molecule has 90 valence electrons. The van der Waals surface area contributed by atoms with E-state index in [1.54, 1.807) is 6.08 Å². The number of ketones is 1. The van der Waals surface area contributed by atoms with E-state index in [1.165, 1.54) is 5.56 Å². The van der Waals surface area contributed by atoms with Gasteiger partial charge in [0, 0.05) is 12.6 Å². The van der Waals surface area contributed by atoms with Crippen LogP contribution >= 0.6 is 0 Å². The summed E-state index contributed by atoms with van der Waals surface area (Å²) >= 11 is 0. The van der Waals surface area contributed by atoms with Crippen molar-refractivity contribution in [1.29, 1.82) is 5.26 Å². The molecule has 2 aliphatic heterocycles. The molecule has 3 atom stereocenters. The van der Waals surface area contributed by atoms with Crippen LogP contribution in [-0.4, -0.2) is 22.8 Å². The first kappa shape index (κ1) is 11.2. The SMILES string of the molecule is N#C[C@H]1C[C@H]2C(=O)C=C[C@@H]1N2Cc1ccccc1. The van der Waals surface area contributed by atoms with Gasteiger partial charge in [0.25, 0.3) is 0 Å². The molecule has 2 bridgehead atoms. The lowest BCUT2D eigenvalue weighted by atomic mass is 10.0. The molecule has 2 aliphatic rings. The summed E-state index contributed by atoms with van der Waals surface area (Å²) in [6.07, 6.45) is 4.21. The van der Waals surface area contributed by atoms with E-state index in [4.69, 9.17) is 5.26 Å². The van der Waals surface area contributed by atoms with Crippen molar-refractivity contribution in [2.75, 3.05) is 0 Å². The van der Waals surface area contributed by atoms with Gasteiger partial charge in [-0.2, -0.15) is 5.26 Å². The number of hydrogen-bond donors (Lipinski definition) is 0. The van der Waals surface area contributed by atoms with Crippen molar-refractivity contribution in [2.45, 2.75) is 25.0 Å². The van der Waals surface area contributed by atoms with Gasteiger partial charge in [0.2, 0.25) is 0 Å². The van der Waals surface area contributed by atoms with E-state index >= 15 is 0 Å². The molecular formula is C15H14N2O. The molecule has 1 fully saturated rings. The van der Waals surface area contributed by atoms with Crippen molar-refractivity contribution in [3.63, 3.8) is 0 Å². The normalized spacial score (nSPS) is 30.4. The molecule has 3 heteroatoms. The maximum absolute atomic E-state index is 11.9. The van der Waals surface area contributed by atoms with Crippen LogP contribution in [0, 0.1) is 17.2 Å². The Bertz CT molecular complexity index is 529. The first-order chi connectivity index (χ1) is 8.79. The number of carbonyl (C=O) groups excluding carboxylic acids is 1. The summed E-state index contributed by atoms with van der Waals surface area (Å²) < 4.78 is 0. The molecule has 3 rings (SSSR count). The minimum absolute atomic E-state index is 0.0542. The maximum Gasteiger partial charge on any atom is 0.172 e. The average molecular weight is 238 g/mol. The zero-order chi connectivity index (χ0) is 12.5. The second kappa shape index (κ2) is 4.40. The van der Waals surface area contributed by atoms with Crippen LogP contribution in [0.15, 0.2) is 42.5 Å². The van der Waals surface area contributed by atoms with Crippen LogP contribution < -0.4 is 0 Å². The topological polar surface area (TPSA) is 44.1 Å². The third-order valence-electron chi connectivity index (χ3n) is 3.83. The highest BCUT2D eigenvalue weighted by atomic mass is 16.1. The van der Waals surface area contributed by atoms with Gasteiger partial charge in [-0.05, 0) is 18.1 Å². The first-order valence-electron chi connectivity index (χ1n) is 6.21. The lowest BCUT2D eigenvalue weighted by Gasteiger charge is -2.30. The molecule has 0 spiro atoms. The summed E-state index contributed by atoms with van der Waals surface area (Å²) in [7, 11) is 0. The van der Waals surface area contributed by atoms with Crippen molar-refractivity contribution in [1.82, 2.24) is 4.90 Å². The van der Waals surface area contributed by atoms with Crippen molar-refractivity contribution in [3.05, 3.63) is 48.0 Å². The molecule has 0 aromatic heterocycles. The van der Waals surface area contributed by atoms with Gasteiger partial charge < -0.3 is 0 Å². The first-order valence-corrected chi connectivity index (χ1v) is 6.21. The van der Waals surface area contributed by atoms with Crippen LogP contribution in [0.1, 0.15) is 12.0 Å². The zero-order valence-corrected chi connectivity index (χ0v) is 9.99. The standard InChI is InChI=1S/C15H14N2O/c16-9-12-8-14-15(18)7-6-13(12)17(14)10-11-4-2-1-3-5-11/h1-7,12-14H,8,10H2/t12-,13+,14+/m1/s1. The Balaban J connectivity index is 1.87. The van der Waals surface area contributed by atoms with E-state index in [9.17, 15) is 4.79 Å². The Morgan fingerprint density at radius 1 is 1.33 bits per heavy atom. The third kappa shape index (κ3) is 1.75. The largest absolute Gasteiger partial charge is 0.293 e. The van der Waals surface area contributed by atoms with Gasteiger partial charge in [0.15, 0.2) is 5.78 Å². The quantitative estimate of drug-likeness (QED) is 0.790. The average Bonchev–Trinajstić information content (AvgIpc) is 2.65. The summed E-state index contributed by atoms with van der Waals surface area (Å²) in [6.45, 7) is 0.741. The molecule has 2 heterocycles. The van der Waals surface area contributed by atoms with Gasteiger partial charge in [-0.1, -0.05) is 36.4 Å². The fraction of sp³-hybridized carbons (Fsp3) is 0.333. The lowest BCUT2D eigenvalue weighted by molar-refractivity contribution is -0.119. The highest BCUT2D eigenvalue weighted by molar-refractivity contribution is 5.96. The molecule has 0 N–H and O–H groups in total. The van der Waals surface area contributed by atoms with E-state index in [2.05, 4.69) is 23.1 Å². The van der Waals surface area contributed by atoms with Gasteiger partial charge in [0.1, 0.15) is 0 Å². The van der Waals surface area contributed by atoms with E-state index < -0.39 is 0 Å². The van der Waals surface area contributed by atoms with Gasteiger partial charge in [-0.3, -0.25) is 9.69 Å². The van der Waals surface area contributed by atoms with E-state index in [1.807, 2.05) is 24.3 Å². The van der Waals surface area contributed by atoms with E-state index in [-0.39, 0.29) is 23.8 Å². The van der Waals surface area contributed by atoms with Gasteiger partial charge >= 0.3 is 0 Å². The number of hydrogen-bond acceptors (Lipinski definition) is 3. The Hall–Kier alpha value is -1.92. The number of nitriles is 1. The summed E-state index contributed by atoms with van der Waals surface area (Å²) in [6, 6.07) is 12.4. The minimum Gasteiger partial charge on any atom is -0.293 e. The van der Waals surface area contributed by atoms with E-state index in [0.29, 0.717) is 6.42 Å². The van der Waals surface area contributed by atoms with Crippen LogP contribution in [0.5, 0.6) is 0 Å². The highest BCUT2D eigenvalue weighted by Crippen LogP contribution is 2.35. The van der Waals surface area contributed by atoms with Crippen LogP contribution in [-0.2, 0) is 11.3 Å². The number of carbonyl (C=O) groups is 1. The summed E-state index contributed by atoms with van der Waals surface area (Å²) in [5, 5.41) is 9.16. The van der Waals surface area contributed by atoms with Crippen molar-refractivity contribution in [2.24, 2.45) is 5.92 Å². The second-order valence-corrected chi connectivity index (χ2v) is 4.90. The van der Waals surface area contributed by atoms with Crippen LogP contribution in [0.3, 0.4) is 0 Å². The smallest absolute Gasteiger partial charge is 0.172 e. The highest BCUT2D eigenvalue weighted by Gasteiger charge is 2.45. The number of benzene rings is 1. The monoisotopic (exact) mass is 238 g/mol. The molecule has 1 aromatic rings. The Kier molecular flexibility index (Phi) is 2.73. The van der Waals surface area contributed by atoms with Gasteiger partial charge in [-0.25, -0.2) is 0 Å². The number of nitrogens with zero attached hydrogens (tertiary/aromatic N) is 2. The molecule has 0 amide bonds. The fourth-order valence-corrected chi connectivity index (χ4v) is 2.92. The number of fused-ring (bicyclic) bond motifs is 2. The molecule has 18 heavy (non-hydrogen) atoms. The molecule has 0 unspecified atom stereocenters. The molecule has 0 saturated carbocycles. The van der Waals surface area contributed by atoms with E-state index in [0.717, 1.165) is 6.54 Å². The van der Waals surface area contributed by atoms with Gasteiger partial charge in [-0.15, -0.1) is 0 Å². The predicted molar refractivity (Wildman–Crippen MR) is 67.4 cm³/mol. The second-order valence-electron chi connectivity index (χ2n) is 4.90. The Morgan fingerprint density at radius 2 is 2.11 bits per heavy atom. The third-order valence-corrected chi connectivity index (χ3v) is 3.83. The van der Waals surface area contributed by atoms with Crippen LogP contribution in [0.25, 0.3) is 0 Å². The summed E-state index contributed by atoms with van der Waals surface area (Å²) in [4.78, 5) is 14.0. The molecular weight excluding hydrogens is 224 g/mol. The van der Waals surface area contributed by atoms with Crippen LogP contribution in [0.4, 0.5) is 0 Å².